The summed E-state index contributed by atoms with van der Waals surface area (Å²) >= 11 is 0. The number of hydrogen-bond donors (Lipinski definition) is 1. The van der Waals surface area contributed by atoms with E-state index in [-0.39, 0.29) is 12.5 Å². The van der Waals surface area contributed by atoms with Gasteiger partial charge in [-0.3, -0.25) is 9.78 Å². The fraction of sp³-hybridized carbons (Fsp3) is 0.500. The average molecular weight is 316 g/mol. The maximum Gasteiger partial charge on any atom is 0.253 e. The van der Waals surface area contributed by atoms with Crippen LogP contribution < -0.4 is 5.32 Å². The molecule has 0 radical (unpaired) electrons. The van der Waals surface area contributed by atoms with Gasteiger partial charge in [0.1, 0.15) is 0 Å². The number of ether oxygens (including phenoxy) is 1. The van der Waals surface area contributed by atoms with Crippen molar-refractivity contribution in [3.8, 4) is 0 Å². The van der Waals surface area contributed by atoms with Crippen LogP contribution in [0.4, 0.5) is 0 Å². The number of amides is 1. The van der Waals surface area contributed by atoms with Crippen molar-refractivity contribution >= 4 is 5.91 Å². The molecule has 7 nitrogen and oxygen atoms in total. The van der Waals surface area contributed by atoms with Crippen LogP contribution in [0, 0.1) is 0 Å². The molecule has 2 heterocycles. The Balaban J connectivity index is 1.57. The van der Waals surface area contributed by atoms with Gasteiger partial charge in [-0.1, -0.05) is 5.16 Å². The van der Waals surface area contributed by atoms with Gasteiger partial charge in [0.2, 0.25) is 5.89 Å². The molecule has 0 saturated carbocycles. The smallest absolute Gasteiger partial charge is 0.253 e. The molecule has 0 aromatic carbocycles. The minimum absolute atomic E-state index is 0.178. The molecule has 23 heavy (non-hydrogen) atoms. The number of methoxy groups -OCH3 is 1. The highest BCUT2D eigenvalue weighted by Gasteiger charge is 2.15. The summed E-state index contributed by atoms with van der Waals surface area (Å²) in [4.78, 5) is 20.8. The van der Waals surface area contributed by atoms with Crippen molar-refractivity contribution in [1.82, 2.24) is 20.4 Å². The topological polar surface area (TPSA) is 90.1 Å². The van der Waals surface area contributed by atoms with Crippen LogP contribution in [0.1, 0.15) is 46.2 Å². The van der Waals surface area contributed by atoms with E-state index in [1.165, 1.54) is 12.0 Å². The van der Waals surface area contributed by atoms with Crippen molar-refractivity contribution in [2.24, 2.45) is 0 Å². The number of aryl methyl sites for hydroxylation is 2. The quantitative estimate of drug-likeness (QED) is 0.868. The van der Waals surface area contributed by atoms with Gasteiger partial charge in [-0.2, -0.15) is 4.98 Å². The highest BCUT2D eigenvalue weighted by Crippen LogP contribution is 2.19. The molecule has 122 valence electrons. The number of pyridine rings is 1. The molecule has 0 bridgehead atoms. The van der Waals surface area contributed by atoms with Gasteiger partial charge >= 0.3 is 0 Å². The lowest BCUT2D eigenvalue weighted by Crippen LogP contribution is -2.23. The Morgan fingerprint density at radius 1 is 1.39 bits per heavy atom. The van der Waals surface area contributed by atoms with Gasteiger partial charge in [0.25, 0.3) is 5.91 Å². The van der Waals surface area contributed by atoms with E-state index in [0.29, 0.717) is 30.3 Å². The molecule has 0 saturated heterocycles. The van der Waals surface area contributed by atoms with E-state index in [9.17, 15) is 4.79 Å². The van der Waals surface area contributed by atoms with Gasteiger partial charge in [-0.05, 0) is 37.3 Å². The fourth-order valence-corrected chi connectivity index (χ4v) is 2.63. The largest absolute Gasteiger partial charge is 0.384 e. The maximum atomic E-state index is 12.2. The van der Waals surface area contributed by atoms with Crippen molar-refractivity contribution in [2.45, 2.75) is 38.6 Å². The predicted octanol–water partition coefficient (Wildman–Crippen LogP) is 1.46. The second kappa shape index (κ2) is 7.32. The van der Waals surface area contributed by atoms with E-state index in [2.05, 4.69) is 20.4 Å². The van der Waals surface area contributed by atoms with Crippen molar-refractivity contribution < 1.29 is 14.1 Å². The number of carbonyl (C=O) groups is 1. The van der Waals surface area contributed by atoms with Gasteiger partial charge in [0.15, 0.2) is 5.82 Å². The number of nitrogens with one attached hydrogen (secondary N) is 1. The second-order valence-corrected chi connectivity index (χ2v) is 5.57. The van der Waals surface area contributed by atoms with Gasteiger partial charge in [0.05, 0.1) is 18.7 Å². The summed E-state index contributed by atoms with van der Waals surface area (Å²) in [5.74, 6) is 0.782. The van der Waals surface area contributed by atoms with Crippen molar-refractivity contribution in [3.05, 3.63) is 40.8 Å². The van der Waals surface area contributed by atoms with Crippen molar-refractivity contribution in [2.75, 3.05) is 13.7 Å². The zero-order valence-corrected chi connectivity index (χ0v) is 13.2. The Labute approximate surface area is 134 Å². The van der Waals surface area contributed by atoms with E-state index in [1.807, 2.05) is 6.07 Å². The molecule has 0 fully saturated rings. The summed E-state index contributed by atoms with van der Waals surface area (Å²) in [6, 6.07) is 1.94. The average Bonchev–Trinajstić information content (AvgIpc) is 3.05. The van der Waals surface area contributed by atoms with Gasteiger partial charge < -0.3 is 14.6 Å². The third kappa shape index (κ3) is 3.92. The van der Waals surface area contributed by atoms with Crippen LogP contribution in [0.5, 0.6) is 0 Å². The molecule has 0 spiro atoms. The van der Waals surface area contributed by atoms with E-state index < -0.39 is 0 Å². The van der Waals surface area contributed by atoms with Crippen LogP contribution in [0.3, 0.4) is 0 Å². The first kappa shape index (κ1) is 15.6. The molecular formula is C16H20N4O3. The number of fused-ring (bicyclic) bond motifs is 1. The molecule has 1 aliphatic rings. The highest BCUT2D eigenvalue weighted by molar-refractivity contribution is 5.94. The Kier molecular flexibility index (Phi) is 4.97. The van der Waals surface area contributed by atoms with Crippen LogP contribution in [-0.2, 0) is 30.5 Å². The molecule has 1 aliphatic carbocycles. The maximum absolute atomic E-state index is 12.2. The van der Waals surface area contributed by atoms with Gasteiger partial charge in [-0.15, -0.1) is 0 Å². The summed E-state index contributed by atoms with van der Waals surface area (Å²) in [6.45, 7) is 0.738. The lowest BCUT2D eigenvalue weighted by molar-refractivity contribution is 0.0945. The van der Waals surface area contributed by atoms with Crippen molar-refractivity contribution in [1.29, 1.82) is 0 Å². The van der Waals surface area contributed by atoms with Crippen LogP contribution in [0.15, 0.2) is 16.8 Å². The molecule has 1 N–H and O–H groups in total. The van der Waals surface area contributed by atoms with E-state index in [0.717, 1.165) is 25.0 Å². The third-order valence-corrected chi connectivity index (χ3v) is 3.87. The van der Waals surface area contributed by atoms with E-state index in [1.54, 1.807) is 13.3 Å². The molecule has 0 aliphatic heterocycles. The summed E-state index contributed by atoms with van der Waals surface area (Å²) in [5.41, 5.74) is 2.88. The van der Waals surface area contributed by atoms with Crippen molar-refractivity contribution in [3.63, 3.8) is 0 Å². The predicted molar refractivity (Wildman–Crippen MR) is 81.9 cm³/mol. The minimum atomic E-state index is -0.178. The molecule has 7 heteroatoms. The number of carbonyl (C=O) groups excluding carboxylic acids is 1. The van der Waals surface area contributed by atoms with E-state index >= 15 is 0 Å². The zero-order valence-electron chi connectivity index (χ0n) is 13.2. The molecule has 0 atom stereocenters. The van der Waals surface area contributed by atoms with Crippen LogP contribution in [0.25, 0.3) is 0 Å². The molecule has 2 aromatic rings. The fourth-order valence-electron chi connectivity index (χ4n) is 2.63. The highest BCUT2D eigenvalue weighted by atomic mass is 16.5. The molecule has 3 rings (SSSR count). The first-order chi connectivity index (χ1) is 11.3. The minimum Gasteiger partial charge on any atom is -0.384 e. The Morgan fingerprint density at radius 3 is 3.13 bits per heavy atom. The summed E-state index contributed by atoms with van der Waals surface area (Å²) in [6.07, 6.45) is 6.56. The monoisotopic (exact) mass is 316 g/mol. The number of nitrogens with zero attached hydrogens (tertiary/aromatic N) is 3. The van der Waals surface area contributed by atoms with Gasteiger partial charge in [-0.25, -0.2) is 0 Å². The van der Waals surface area contributed by atoms with Crippen LogP contribution in [-0.4, -0.2) is 34.7 Å². The molecular weight excluding hydrogens is 296 g/mol. The lowest BCUT2D eigenvalue weighted by atomic mass is 9.95. The summed E-state index contributed by atoms with van der Waals surface area (Å²) in [5, 5.41) is 6.62. The lowest BCUT2D eigenvalue weighted by Gasteiger charge is -2.15. The number of hydrogen-bond acceptors (Lipinski definition) is 6. The third-order valence-electron chi connectivity index (χ3n) is 3.87. The van der Waals surface area contributed by atoms with Crippen LogP contribution in [0.2, 0.25) is 0 Å². The standard InChI is InChI=1S/C16H20N4O3/c1-22-7-6-14-19-15(23-20-14)10-18-16(21)12-8-11-4-2-3-5-13(11)17-9-12/h8-9H,2-7,10H2,1H3,(H,18,21). The number of rotatable bonds is 6. The Morgan fingerprint density at radius 2 is 2.26 bits per heavy atom. The molecule has 2 aromatic heterocycles. The molecule has 0 unspecified atom stereocenters. The molecule has 1 amide bonds. The van der Waals surface area contributed by atoms with Crippen LogP contribution >= 0.6 is 0 Å². The Hall–Kier alpha value is -2.28. The SMILES string of the molecule is COCCc1noc(CNC(=O)c2cnc3c(c2)CCCC3)n1. The first-order valence-electron chi connectivity index (χ1n) is 7.82. The zero-order chi connectivity index (χ0) is 16.1. The second-order valence-electron chi connectivity index (χ2n) is 5.57. The number of aromatic nitrogens is 3. The normalized spacial score (nSPS) is 13.6. The Bertz CT molecular complexity index is 684. The van der Waals surface area contributed by atoms with E-state index in [4.69, 9.17) is 9.26 Å². The van der Waals surface area contributed by atoms with Gasteiger partial charge in [0, 0.05) is 25.4 Å². The first-order valence-corrected chi connectivity index (χ1v) is 7.82. The summed E-state index contributed by atoms with van der Waals surface area (Å²) in [7, 11) is 1.62. The summed E-state index contributed by atoms with van der Waals surface area (Å²) < 4.78 is 10.0.